The van der Waals surface area contributed by atoms with Crippen LogP contribution in [0.4, 0.5) is 10.2 Å². The molecule has 2 heterocycles. The van der Waals surface area contributed by atoms with Crippen LogP contribution in [0.25, 0.3) is 0 Å². The third kappa shape index (κ3) is 2.06. The van der Waals surface area contributed by atoms with Crippen LogP contribution in [0.3, 0.4) is 0 Å². The summed E-state index contributed by atoms with van der Waals surface area (Å²) in [4.78, 5) is 20.3. The number of anilines is 1. The summed E-state index contributed by atoms with van der Waals surface area (Å²) < 4.78 is 13.3. The highest BCUT2D eigenvalue weighted by Gasteiger charge is 2.29. The highest BCUT2D eigenvalue weighted by atomic mass is 35.5. The molecule has 7 heteroatoms. The zero-order valence-corrected chi connectivity index (χ0v) is 9.33. The Kier molecular flexibility index (Phi) is 2.91. The van der Waals surface area contributed by atoms with E-state index in [0.29, 0.717) is 13.0 Å². The Morgan fingerprint density at radius 1 is 1.69 bits per heavy atom. The van der Waals surface area contributed by atoms with Crippen molar-refractivity contribution in [2.75, 3.05) is 18.9 Å². The lowest BCUT2D eigenvalue weighted by atomic mass is 10.2. The number of nitrogens with zero attached hydrogens (tertiary/aromatic N) is 3. The SMILES string of the molecule is CN1CCC(Nc2nc(Cl)ncc2F)C1=O. The summed E-state index contributed by atoms with van der Waals surface area (Å²) in [6.45, 7) is 0.650. The topological polar surface area (TPSA) is 58.1 Å². The number of carbonyl (C=O) groups is 1. The van der Waals surface area contributed by atoms with Crippen molar-refractivity contribution in [2.24, 2.45) is 0 Å². The normalized spacial score (nSPS) is 20.3. The van der Waals surface area contributed by atoms with Gasteiger partial charge >= 0.3 is 0 Å². The Bertz CT molecular complexity index is 428. The Morgan fingerprint density at radius 2 is 2.44 bits per heavy atom. The van der Waals surface area contributed by atoms with E-state index in [-0.39, 0.29) is 17.0 Å². The lowest BCUT2D eigenvalue weighted by Crippen LogP contribution is -2.31. The molecule has 86 valence electrons. The number of carbonyl (C=O) groups excluding carboxylic acids is 1. The molecule has 1 aromatic heterocycles. The number of likely N-dealkylation sites (N-methyl/N-ethyl adjacent to an activating group) is 1. The van der Waals surface area contributed by atoms with Crippen molar-refractivity contribution in [1.82, 2.24) is 14.9 Å². The van der Waals surface area contributed by atoms with Crippen molar-refractivity contribution >= 4 is 23.3 Å². The van der Waals surface area contributed by atoms with Gasteiger partial charge in [0.05, 0.1) is 6.20 Å². The van der Waals surface area contributed by atoms with Gasteiger partial charge in [-0.05, 0) is 18.0 Å². The summed E-state index contributed by atoms with van der Waals surface area (Å²) in [5.74, 6) is -0.727. The molecule has 0 bridgehead atoms. The van der Waals surface area contributed by atoms with E-state index in [4.69, 9.17) is 11.6 Å². The number of nitrogens with one attached hydrogen (secondary N) is 1. The molecule has 1 N–H and O–H groups in total. The van der Waals surface area contributed by atoms with Crippen LogP contribution in [0.15, 0.2) is 6.20 Å². The van der Waals surface area contributed by atoms with Gasteiger partial charge in [0, 0.05) is 13.6 Å². The van der Waals surface area contributed by atoms with Gasteiger partial charge in [-0.2, -0.15) is 4.98 Å². The number of amides is 1. The number of halogens is 2. The highest BCUT2D eigenvalue weighted by Crippen LogP contribution is 2.17. The van der Waals surface area contributed by atoms with Gasteiger partial charge in [-0.3, -0.25) is 4.79 Å². The third-order valence-electron chi connectivity index (χ3n) is 2.45. The minimum atomic E-state index is -0.619. The molecule has 1 aromatic rings. The first kappa shape index (κ1) is 11.1. The number of hydrogen-bond donors (Lipinski definition) is 1. The van der Waals surface area contributed by atoms with Gasteiger partial charge in [0.2, 0.25) is 11.2 Å². The van der Waals surface area contributed by atoms with E-state index in [1.54, 1.807) is 11.9 Å². The molecular weight excluding hydrogens is 235 g/mol. The van der Waals surface area contributed by atoms with Gasteiger partial charge in [0.15, 0.2) is 11.6 Å². The summed E-state index contributed by atoms with van der Waals surface area (Å²) in [5, 5.41) is 2.68. The maximum Gasteiger partial charge on any atom is 0.244 e. The molecule has 16 heavy (non-hydrogen) atoms. The fourth-order valence-corrected chi connectivity index (χ4v) is 1.70. The first-order valence-corrected chi connectivity index (χ1v) is 5.15. The smallest absolute Gasteiger partial charge is 0.244 e. The van der Waals surface area contributed by atoms with E-state index >= 15 is 0 Å². The van der Waals surface area contributed by atoms with Crippen LogP contribution in [0.2, 0.25) is 5.28 Å². The molecule has 1 aliphatic heterocycles. The molecule has 0 aliphatic carbocycles. The summed E-state index contributed by atoms with van der Waals surface area (Å²) in [5.41, 5.74) is 0. The average molecular weight is 245 g/mol. The molecular formula is C9H10ClFN4O. The molecule has 1 aliphatic rings. The monoisotopic (exact) mass is 244 g/mol. The molecule has 1 fully saturated rings. The van der Waals surface area contributed by atoms with Gasteiger partial charge in [-0.15, -0.1) is 0 Å². The quantitative estimate of drug-likeness (QED) is 0.786. The summed E-state index contributed by atoms with van der Waals surface area (Å²) in [6.07, 6.45) is 1.59. The minimum absolute atomic E-state index is 0.0337. The van der Waals surface area contributed by atoms with Gasteiger partial charge in [-0.1, -0.05) is 0 Å². The maximum atomic E-state index is 13.3. The molecule has 1 atom stereocenters. The van der Waals surface area contributed by atoms with Crippen molar-refractivity contribution in [3.05, 3.63) is 17.3 Å². The predicted molar refractivity (Wildman–Crippen MR) is 56.7 cm³/mol. The van der Waals surface area contributed by atoms with Gasteiger partial charge in [0.25, 0.3) is 0 Å². The van der Waals surface area contributed by atoms with Crippen molar-refractivity contribution < 1.29 is 9.18 Å². The van der Waals surface area contributed by atoms with Gasteiger partial charge in [0.1, 0.15) is 6.04 Å². The lowest BCUT2D eigenvalue weighted by Gasteiger charge is -2.12. The average Bonchev–Trinajstić information content (AvgIpc) is 2.55. The minimum Gasteiger partial charge on any atom is -0.356 e. The van der Waals surface area contributed by atoms with Crippen LogP contribution in [0, 0.1) is 5.82 Å². The Balaban J connectivity index is 2.15. The van der Waals surface area contributed by atoms with Crippen LogP contribution in [-0.2, 0) is 4.79 Å². The molecule has 0 radical (unpaired) electrons. The van der Waals surface area contributed by atoms with E-state index in [1.807, 2.05) is 0 Å². The standard InChI is InChI=1S/C9H10ClFN4O/c1-15-3-2-6(8(15)16)13-7-5(11)4-12-9(10)14-7/h4,6H,2-3H2,1H3,(H,12,13,14). The molecule has 0 spiro atoms. The number of hydrogen-bond acceptors (Lipinski definition) is 4. The van der Waals surface area contributed by atoms with E-state index in [2.05, 4.69) is 15.3 Å². The van der Waals surface area contributed by atoms with E-state index in [1.165, 1.54) is 0 Å². The van der Waals surface area contributed by atoms with Gasteiger partial charge < -0.3 is 10.2 Å². The van der Waals surface area contributed by atoms with E-state index in [0.717, 1.165) is 6.20 Å². The van der Waals surface area contributed by atoms with Gasteiger partial charge in [-0.25, -0.2) is 9.37 Å². The molecule has 1 amide bonds. The molecule has 2 rings (SSSR count). The number of aromatic nitrogens is 2. The van der Waals surface area contributed by atoms with Crippen LogP contribution < -0.4 is 5.32 Å². The molecule has 5 nitrogen and oxygen atoms in total. The highest BCUT2D eigenvalue weighted by molar-refractivity contribution is 6.28. The Hall–Kier alpha value is -1.43. The molecule has 1 saturated heterocycles. The summed E-state index contributed by atoms with van der Waals surface area (Å²) in [6, 6.07) is -0.439. The van der Waals surface area contributed by atoms with Crippen molar-refractivity contribution in [3.8, 4) is 0 Å². The van der Waals surface area contributed by atoms with Crippen LogP contribution >= 0.6 is 11.6 Å². The van der Waals surface area contributed by atoms with Crippen molar-refractivity contribution in [1.29, 1.82) is 0 Å². The summed E-state index contributed by atoms with van der Waals surface area (Å²) >= 11 is 5.54. The molecule has 0 aromatic carbocycles. The fraction of sp³-hybridized carbons (Fsp3) is 0.444. The van der Waals surface area contributed by atoms with Crippen LogP contribution in [0.5, 0.6) is 0 Å². The molecule has 1 unspecified atom stereocenters. The van der Waals surface area contributed by atoms with Crippen molar-refractivity contribution in [2.45, 2.75) is 12.5 Å². The predicted octanol–water partition coefficient (Wildman–Crippen LogP) is 0.912. The fourth-order valence-electron chi connectivity index (χ4n) is 1.57. The second kappa shape index (κ2) is 4.21. The molecule has 0 saturated carbocycles. The van der Waals surface area contributed by atoms with Crippen LogP contribution in [0.1, 0.15) is 6.42 Å². The largest absolute Gasteiger partial charge is 0.356 e. The summed E-state index contributed by atoms with van der Waals surface area (Å²) in [7, 11) is 1.70. The van der Waals surface area contributed by atoms with Crippen molar-refractivity contribution in [3.63, 3.8) is 0 Å². The number of likely N-dealkylation sites (tertiary alicyclic amines) is 1. The lowest BCUT2D eigenvalue weighted by molar-refractivity contribution is -0.127. The van der Waals surface area contributed by atoms with Crippen LogP contribution in [-0.4, -0.2) is 40.4 Å². The third-order valence-corrected chi connectivity index (χ3v) is 2.64. The second-order valence-electron chi connectivity index (χ2n) is 3.58. The first-order valence-electron chi connectivity index (χ1n) is 4.77. The zero-order chi connectivity index (χ0) is 11.7. The first-order chi connectivity index (χ1) is 7.58. The Morgan fingerprint density at radius 3 is 3.06 bits per heavy atom. The number of rotatable bonds is 2. The van der Waals surface area contributed by atoms with E-state index in [9.17, 15) is 9.18 Å². The Labute approximate surface area is 96.6 Å². The maximum absolute atomic E-state index is 13.3. The van der Waals surface area contributed by atoms with E-state index < -0.39 is 11.9 Å². The second-order valence-corrected chi connectivity index (χ2v) is 3.92. The zero-order valence-electron chi connectivity index (χ0n) is 8.57.